The monoisotopic (exact) mass is 332 g/mol. The highest BCUT2D eigenvalue weighted by molar-refractivity contribution is 7.89. The number of rotatable bonds is 6. The lowest BCUT2D eigenvalue weighted by molar-refractivity contribution is 0.0600. The van der Waals surface area contributed by atoms with Gasteiger partial charge in [-0.05, 0) is 37.0 Å². The summed E-state index contributed by atoms with van der Waals surface area (Å²) < 4.78 is 31.4. The van der Waals surface area contributed by atoms with Crippen LogP contribution in [0.2, 0.25) is 5.02 Å². The van der Waals surface area contributed by atoms with Crippen LogP contribution >= 0.6 is 11.6 Å². The largest absolute Gasteiger partial charge is 0.465 e. The molecule has 3 N–H and O–H groups in total. The summed E-state index contributed by atoms with van der Waals surface area (Å²) >= 11 is 5.95. The summed E-state index contributed by atoms with van der Waals surface area (Å²) in [5.74, 6) is -0.186. The Labute approximate surface area is 128 Å². The minimum atomic E-state index is -3.76. The third kappa shape index (κ3) is 3.94. The van der Waals surface area contributed by atoms with Gasteiger partial charge < -0.3 is 10.5 Å². The summed E-state index contributed by atoms with van der Waals surface area (Å²) in [4.78, 5) is 11.3. The number of hydrogen-bond donors (Lipinski definition) is 2. The second kappa shape index (κ2) is 6.31. The van der Waals surface area contributed by atoms with Crippen LogP contribution in [0.25, 0.3) is 0 Å². The van der Waals surface area contributed by atoms with Crippen LogP contribution in [0, 0.1) is 5.92 Å². The Morgan fingerprint density at radius 3 is 2.71 bits per heavy atom. The minimum Gasteiger partial charge on any atom is -0.465 e. The number of carbonyl (C=O) groups excluding carboxylic acids is 1. The average molecular weight is 333 g/mol. The van der Waals surface area contributed by atoms with Gasteiger partial charge in [0.05, 0.1) is 17.7 Å². The van der Waals surface area contributed by atoms with Gasteiger partial charge in [-0.3, -0.25) is 0 Å². The molecule has 1 saturated carbocycles. The number of nitrogens with two attached hydrogens (primary N) is 1. The molecule has 0 bridgehead atoms. The van der Waals surface area contributed by atoms with Crippen molar-refractivity contribution in [2.75, 3.05) is 13.7 Å². The maximum atomic E-state index is 12.2. The fourth-order valence-electron chi connectivity index (χ4n) is 1.94. The van der Waals surface area contributed by atoms with Crippen molar-refractivity contribution in [2.24, 2.45) is 11.7 Å². The van der Waals surface area contributed by atoms with Crippen LogP contribution in [0.3, 0.4) is 0 Å². The van der Waals surface area contributed by atoms with Crippen LogP contribution in [0.5, 0.6) is 0 Å². The number of esters is 1. The number of benzene rings is 1. The molecule has 116 valence electrons. The molecule has 1 aromatic rings. The Bertz CT molecular complexity index is 644. The Hall–Kier alpha value is -1.15. The van der Waals surface area contributed by atoms with Crippen molar-refractivity contribution in [2.45, 2.75) is 23.8 Å². The van der Waals surface area contributed by atoms with Gasteiger partial charge in [0.1, 0.15) is 4.90 Å². The molecule has 0 saturated heterocycles. The lowest BCUT2D eigenvalue weighted by Gasteiger charge is -2.13. The number of methoxy groups -OCH3 is 1. The predicted octanol–water partition coefficient (Wildman–Crippen LogP) is 1.14. The molecule has 1 fully saturated rings. The number of halogens is 1. The van der Waals surface area contributed by atoms with E-state index in [9.17, 15) is 13.2 Å². The van der Waals surface area contributed by atoms with Crippen molar-refractivity contribution in [3.05, 3.63) is 28.8 Å². The molecular formula is C13H17ClN2O4S. The lowest BCUT2D eigenvalue weighted by Crippen LogP contribution is -2.38. The topological polar surface area (TPSA) is 98.5 Å². The van der Waals surface area contributed by atoms with Crippen LogP contribution < -0.4 is 10.5 Å². The number of ether oxygens (including phenoxy) is 1. The molecule has 0 radical (unpaired) electrons. The summed E-state index contributed by atoms with van der Waals surface area (Å²) in [6.07, 6.45) is 2.08. The number of nitrogens with one attached hydrogen (secondary N) is 1. The van der Waals surface area contributed by atoms with Gasteiger partial charge in [0.25, 0.3) is 0 Å². The van der Waals surface area contributed by atoms with Crippen molar-refractivity contribution >= 4 is 27.6 Å². The normalized spacial score (nSPS) is 16.5. The van der Waals surface area contributed by atoms with Gasteiger partial charge in [-0.25, -0.2) is 17.9 Å². The van der Waals surface area contributed by atoms with Crippen LogP contribution in [-0.4, -0.2) is 34.1 Å². The highest BCUT2D eigenvalue weighted by Crippen LogP contribution is 2.31. The van der Waals surface area contributed by atoms with Gasteiger partial charge >= 0.3 is 5.97 Å². The SMILES string of the molecule is COC(=O)c1ccc(S(=O)(=O)NCC(N)C2CC2)c(Cl)c1. The second-order valence-electron chi connectivity index (χ2n) is 4.99. The first-order chi connectivity index (χ1) is 9.85. The fraction of sp³-hybridized carbons (Fsp3) is 0.462. The van der Waals surface area contributed by atoms with E-state index in [-0.39, 0.29) is 28.1 Å². The van der Waals surface area contributed by atoms with Gasteiger partial charge in [0, 0.05) is 12.6 Å². The molecule has 1 aliphatic rings. The third-order valence-electron chi connectivity index (χ3n) is 3.38. The van der Waals surface area contributed by atoms with Gasteiger partial charge in [0.15, 0.2) is 0 Å². The van der Waals surface area contributed by atoms with E-state index in [0.717, 1.165) is 12.8 Å². The Kier molecular flexibility index (Phi) is 4.88. The highest BCUT2D eigenvalue weighted by Gasteiger charge is 2.29. The first-order valence-electron chi connectivity index (χ1n) is 6.48. The molecule has 21 heavy (non-hydrogen) atoms. The zero-order valence-electron chi connectivity index (χ0n) is 11.5. The van der Waals surface area contributed by atoms with Gasteiger partial charge in [-0.1, -0.05) is 11.6 Å². The molecule has 0 amide bonds. The summed E-state index contributed by atoms with van der Waals surface area (Å²) in [7, 11) is -2.52. The molecule has 6 nitrogen and oxygen atoms in total. The van der Waals surface area contributed by atoms with E-state index in [2.05, 4.69) is 9.46 Å². The van der Waals surface area contributed by atoms with Crippen molar-refractivity contribution in [3.63, 3.8) is 0 Å². The predicted molar refractivity (Wildman–Crippen MR) is 78.7 cm³/mol. The maximum absolute atomic E-state index is 12.2. The molecule has 1 aromatic carbocycles. The van der Waals surface area contributed by atoms with E-state index < -0.39 is 16.0 Å². The van der Waals surface area contributed by atoms with E-state index in [4.69, 9.17) is 17.3 Å². The molecule has 8 heteroatoms. The zero-order valence-corrected chi connectivity index (χ0v) is 13.1. The van der Waals surface area contributed by atoms with Gasteiger partial charge in [0.2, 0.25) is 10.0 Å². The zero-order chi connectivity index (χ0) is 15.6. The number of sulfonamides is 1. The van der Waals surface area contributed by atoms with Crippen molar-refractivity contribution in [1.82, 2.24) is 4.72 Å². The summed E-state index contributed by atoms with van der Waals surface area (Å²) in [5, 5.41) is -0.0367. The van der Waals surface area contributed by atoms with Crippen LogP contribution in [-0.2, 0) is 14.8 Å². The maximum Gasteiger partial charge on any atom is 0.337 e. The van der Waals surface area contributed by atoms with Crippen molar-refractivity contribution in [1.29, 1.82) is 0 Å². The molecule has 2 rings (SSSR count). The number of hydrogen-bond acceptors (Lipinski definition) is 5. The molecule has 0 heterocycles. The van der Waals surface area contributed by atoms with Crippen molar-refractivity contribution < 1.29 is 17.9 Å². The van der Waals surface area contributed by atoms with E-state index in [1.807, 2.05) is 0 Å². The first kappa shape index (κ1) is 16.2. The number of carbonyl (C=O) groups is 1. The van der Waals surface area contributed by atoms with Crippen LogP contribution in [0.15, 0.2) is 23.1 Å². The summed E-state index contributed by atoms with van der Waals surface area (Å²) in [6.45, 7) is 0.169. The standard InChI is InChI=1S/C13H17ClN2O4S/c1-20-13(17)9-4-5-12(10(14)6-9)21(18,19)16-7-11(15)8-2-3-8/h4-6,8,11,16H,2-3,7,15H2,1H3. The third-order valence-corrected chi connectivity index (χ3v) is 5.29. The molecular weight excluding hydrogens is 316 g/mol. The first-order valence-corrected chi connectivity index (χ1v) is 8.34. The smallest absolute Gasteiger partial charge is 0.337 e. The Morgan fingerprint density at radius 2 is 2.19 bits per heavy atom. The van der Waals surface area contributed by atoms with E-state index in [0.29, 0.717) is 5.92 Å². The molecule has 0 aromatic heterocycles. The summed E-state index contributed by atoms with van der Waals surface area (Å²) in [6, 6.07) is 3.71. The van der Waals surface area contributed by atoms with E-state index in [1.54, 1.807) is 0 Å². The van der Waals surface area contributed by atoms with E-state index >= 15 is 0 Å². The Morgan fingerprint density at radius 1 is 1.52 bits per heavy atom. The van der Waals surface area contributed by atoms with Crippen molar-refractivity contribution in [3.8, 4) is 0 Å². The fourth-order valence-corrected chi connectivity index (χ4v) is 3.55. The summed E-state index contributed by atoms with van der Waals surface area (Å²) in [5.41, 5.74) is 6.05. The highest BCUT2D eigenvalue weighted by atomic mass is 35.5. The van der Waals surface area contributed by atoms with Crippen LogP contribution in [0.4, 0.5) is 0 Å². The van der Waals surface area contributed by atoms with Crippen LogP contribution in [0.1, 0.15) is 23.2 Å². The average Bonchev–Trinajstić information content (AvgIpc) is 3.28. The van der Waals surface area contributed by atoms with Gasteiger partial charge in [-0.15, -0.1) is 0 Å². The Balaban J connectivity index is 2.13. The molecule has 1 aliphatic carbocycles. The minimum absolute atomic E-state index is 0.0367. The second-order valence-corrected chi connectivity index (χ2v) is 7.13. The molecule has 0 spiro atoms. The molecule has 1 unspecified atom stereocenters. The lowest BCUT2D eigenvalue weighted by atomic mass is 10.2. The van der Waals surface area contributed by atoms with Gasteiger partial charge in [-0.2, -0.15) is 0 Å². The molecule has 1 atom stereocenters. The van der Waals surface area contributed by atoms with E-state index in [1.165, 1.54) is 25.3 Å². The molecule has 0 aliphatic heterocycles. The quantitative estimate of drug-likeness (QED) is 0.761.